The molecule has 1 aromatic carbocycles. The van der Waals surface area contributed by atoms with Crippen LogP contribution in [0, 0.1) is 5.92 Å². The van der Waals surface area contributed by atoms with Crippen molar-refractivity contribution in [1.82, 2.24) is 10.2 Å². The quantitative estimate of drug-likeness (QED) is 0.232. The molecule has 4 bridgehead atoms. The molecule has 0 aromatic heterocycles. The zero-order valence-electron chi connectivity index (χ0n) is 28.3. The maximum atomic E-state index is 14.0. The normalized spacial score (nSPS) is 33.2. The Morgan fingerprint density at radius 3 is 2.58 bits per heavy atom. The summed E-state index contributed by atoms with van der Waals surface area (Å²) in [7, 11) is 5.87. The number of likely N-dealkylation sites (N-methyl/N-ethyl adjacent to an activating group) is 1. The third-order valence-electron chi connectivity index (χ3n) is 9.43. The van der Waals surface area contributed by atoms with Crippen molar-refractivity contribution in [3.05, 3.63) is 46.5 Å². The molecular weight excluding hydrogens is 666 g/mol. The SMILES string of the molecule is COc1cc2cc(c1Cl)N(C)C(=O)C[C@H](OC(=O)[C@H](C)N(C)C(=O)S)[C@]1(C)O[C@H]1[C@H](C)[C@@H]1C[C@@](O)(NC(=O)O1)[C@H](OC)/C=C/C=C(\C)C2. The summed E-state index contributed by atoms with van der Waals surface area (Å²) in [6.07, 6.45) is 0.905. The van der Waals surface area contributed by atoms with Crippen molar-refractivity contribution in [3.8, 4) is 5.75 Å². The number of carbonyl (C=O) groups excluding carboxylic acids is 4. The number of nitrogens with zero attached hydrogens (tertiary/aromatic N) is 2. The van der Waals surface area contributed by atoms with Gasteiger partial charge in [-0.3, -0.25) is 14.9 Å². The van der Waals surface area contributed by atoms with Gasteiger partial charge in [-0.15, -0.1) is 0 Å². The van der Waals surface area contributed by atoms with E-state index in [4.69, 9.17) is 35.3 Å². The Bertz CT molecular complexity index is 1510. The van der Waals surface area contributed by atoms with E-state index >= 15 is 0 Å². The second-order valence-corrected chi connectivity index (χ2v) is 13.6. The van der Waals surface area contributed by atoms with Gasteiger partial charge in [-0.05, 0) is 44.9 Å². The lowest BCUT2D eigenvalue weighted by Crippen LogP contribution is -2.63. The molecule has 48 heavy (non-hydrogen) atoms. The predicted molar refractivity (Wildman–Crippen MR) is 180 cm³/mol. The van der Waals surface area contributed by atoms with Crippen molar-refractivity contribution in [1.29, 1.82) is 0 Å². The molecule has 0 saturated carbocycles. The minimum Gasteiger partial charge on any atom is -0.495 e. The molecule has 2 saturated heterocycles. The zero-order chi connectivity index (χ0) is 35.7. The van der Waals surface area contributed by atoms with E-state index in [-0.39, 0.29) is 17.9 Å². The van der Waals surface area contributed by atoms with Crippen molar-refractivity contribution in [2.75, 3.05) is 33.2 Å². The number of ether oxygens (including phenoxy) is 5. The van der Waals surface area contributed by atoms with Crippen LogP contribution >= 0.6 is 24.2 Å². The molecule has 0 unspecified atom stereocenters. The number of epoxide rings is 1. The van der Waals surface area contributed by atoms with Gasteiger partial charge in [0.2, 0.25) is 5.91 Å². The monoisotopic (exact) mass is 709 g/mol. The number of aliphatic hydroxyl groups is 1. The first kappa shape index (κ1) is 37.5. The summed E-state index contributed by atoms with van der Waals surface area (Å²) in [5, 5.41) is 13.7. The summed E-state index contributed by atoms with van der Waals surface area (Å²) in [6.45, 7) is 6.87. The molecule has 15 heteroatoms. The molecule has 4 rings (SSSR count). The zero-order valence-corrected chi connectivity index (χ0v) is 30.0. The molecule has 2 N–H and O–H groups in total. The van der Waals surface area contributed by atoms with Crippen LogP contribution < -0.4 is 15.0 Å². The first-order chi connectivity index (χ1) is 22.4. The molecule has 13 nitrogen and oxygen atoms in total. The lowest BCUT2D eigenvalue weighted by molar-refractivity contribution is -0.157. The van der Waals surface area contributed by atoms with Gasteiger partial charge < -0.3 is 38.6 Å². The number of nitrogens with one attached hydrogen (secondary N) is 1. The first-order valence-corrected chi connectivity index (χ1v) is 16.3. The van der Waals surface area contributed by atoms with Crippen LogP contribution in [0.5, 0.6) is 5.75 Å². The average Bonchev–Trinajstić information content (AvgIpc) is 3.73. The Hall–Kier alpha value is -3.30. The van der Waals surface area contributed by atoms with Crippen molar-refractivity contribution < 1.29 is 48.0 Å². The number of allylic oxidation sites excluding steroid dienone is 3. The average molecular weight is 710 g/mol. The summed E-state index contributed by atoms with van der Waals surface area (Å²) >= 11 is 10.5. The third kappa shape index (κ3) is 7.78. The number of amides is 3. The van der Waals surface area contributed by atoms with Gasteiger partial charge in [0.05, 0.1) is 25.3 Å². The van der Waals surface area contributed by atoms with Gasteiger partial charge in [-0.25, -0.2) is 9.59 Å². The Morgan fingerprint density at radius 1 is 1.27 bits per heavy atom. The number of carbonyl (C=O) groups is 4. The fraction of sp³-hybridized carbons (Fsp3) is 0.576. The second-order valence-electron chi connectivity index (χ2n) is 12.8. The Labute approximate surface area is 290 Å². The summed E-state index contributed by atoms with van der Waals surface area (Å²) in [6, 6.07) is 2.54. The Kier molecular flexibility index (Phi) is 11.5. The van der Waals surface area contributed by atoms with E-state index in [0.717, 1.165) is 16.0 Å². The number of alkyl carbamates (subject to hydrolysis) is 1. The van der Waals surface area contributed by atoms with E-state index in [1.165, 1.54) is 33.1 Å². The van der Waals surface area contributed by atoms with Crippen LogP contribution in [0.4, 0.5) is 15.3 Å². The molecule has 8 atom stereocenters. The molecule has 2 fully saturated rings. The van der Waals surface area contributed by atoms with Crippen LogP contribution in [-0.2, 0) is 35.0 Å². The number of benzene rings is 1. The molecule has 3 amide bonds. The van der Waals surface area contributed by atoms with Crippen LogP contribution in [0.15, 0.2) is 35.9 Å². The fourth-order valence-corrected chi connectivity index (χ4v) is 6.65. The lowest BCUT2D eigenvalue weighted by atomic mass is 9.83. The van der Waals surface area contributed by atoms with Gasteiger partial charge in [-0.1, -0.05) is 55.0 Å². The summed E-state index contributed by atoms with van der Waals surface area (Å²) in [4.78, 5) is 54.4. The summed E-state index contributed by atoms with van der Waals surface area (Å²) in [5.74, 6) is -1.38. The van der Waals surface area contributed by atoms with Gasteiger partial charge in [0.25, 0.3) is 5.24 Å². The van der Waals surface area contributed by atoms with Crippen LogP contribution in [-0.4, -0.2) is 103 Å². The summed E-state index contributed by atoms with van der Waals surface area (Å²) < 4.78 is 28.8. The largest absolute Gasteiger partial charge is 0.495 e. The minimum atomic E-state index is -1.82. The van der Waals surface area contributed by atoms with Crippen molar-refractivity contribution >= 4 is 53.1 Å². The van der Waals surface area contributed by atoms with Crippen molar-refractivity contribution in [2.24, 2.45) is 5.92 Å². The number of halogens is 1. The Balaban J connectivity index is 1.80. The predicted octanol–water partition coefficient (Wildman–Crippen LogP) is 4.04. The highest BCUT2D eigenvalue weighted by Crippen LogP contribution is 2.49. The van der Waals surface area contributed by atoms with Gasteiger partial charge in [0.15, 0.2) is 5.72 Å². The van der Waals surface area contributed by atoms with Crippen LogP contribution in [0.3, 0.4) is 0 Å². The van der Waals surface area contributed by atoms with E-state index in [0.29, 0.717) is 17.9 Å². The van der Waals surface area contributed by atoms with Gasteiger partial charge in [0.1, 0.15) is 40.7 Å². The number of hydrogen-bond acceptors (Lipinski definition) is 10. The molecule has 3 aliphatic rings. The van der Waals surface area contributed by atoms with Gasteiger partial charge in [0, 0.05) is 33.5 Å². The van der Waals surface area contributed by atoms with Crippen LogP contribution in [0.25, 0.3) is 0 Å². The van der Waals surface area contributed by atoms with Crippen molar-refractivity contribution in [2.45, 2.75) is 88.7 Å². The highest BCUT2D eigenvalue weighted by molar-refractivity contribution is 7.96. The highest BCUT2D eigenvalue weighted by Gasteiger charge is 2.64. The standard InChI is InChI=1S/C33H44ClN3O10S/c1-17-10-9-11-24(44-8)33(42)16-23(45-30(40)35-33)18(2)28-32(4,47-28)25(46-29(39)19(3)36(5)31(41)48)15-26(38)37(6)21-13-20(12-17)14-22(43-7)27(21)34/h9-11,13-14,18-19,23-25,28,42H,12,15-16H2,1-8H3,(H,35,40)(H,41,48)/b11-9+,17-10+/t18-,19+,23+,24-,25+,28+,32+,33+/m1/s1. The van der Waals surface area contributed by atoms with E-state index in [2.05, 4.69) is 17.9 Å². The van der Waals surface area contributed by atoms with E-state index in [9.17, 15) is 24.3 Å². The molecule has 264 valence electrons. The van der Waals surface area contributed by atoms with E-state index in [1.807, 2.05) is 13.0 Å². The lowest BCUT2D eigenvalue weighted by Gasteiger charge is -2.42. The second kappa shape index (κ2) is 14.7. The highest BCUT2D eigenvalue weighted by atomic mass is 35.5. The number of hydrogen-bond donors (Lipinski definition) is 3. The smallest absolute Gasteiger partial charge is 0.409 e. The molecule has 3 heterocycles. The molecular formula is C33H44ClN3O10S. The number of rotatable bonds is 5. The van der Waals surface area contributed by atoms with E-state index < -0.39 is 70.9 Å². The molecule has 3 aliphatic heterocycles. The minimum absolute atomic E-state index is 0.0521. The Morgan fingerprint density at radius 2 is 1.96 bits per heavy atom. The first-order valence-electron chi connectivity index (χ1n) is 15.5. The van der Waals surface area contributed by atoms with Crippen LogP contribution in [0.1, 0.15) is 46.1 Å². The van der Waals surface area contributed by atoms with Gasteiger partial charge in [-0.2, -0.15) is 0 Å². The number of methoxy groups -OCH3 is 2. The van der Waals surface area contributed by atoms with Crippen molar-refractivity contribution in [3.63, 3.8) is 0 Å². The molecule has 0 spiro atoms. The number of esters is 1. The van der Waals surface area contributed by atoms with Gasteiger partial charge >= 0.3 is 12.1 Å². The fourth-order valence-electron chi connectivity index (χ4n) is 6.17. The molecule has 0 aliphatic carbocycles. The number of anilines is 1. The third-order valence-corrected chi connectivity index (χ3v) is 10.1. The molecule has 0 radical (unpaired) electrons. The number of fused-ring (bicyclic) bond motifs is 5. The maximum Gasteiger partial charge on any atom is 0.409 e. The number of thiol groups is 1. The van der Waals surface area contributed by atoms with E-state index in [1.54, 1.807) is 45.2 Å². The maximum absolute atomic E-state index is 14.0. The van der Waals surface area contributed by atoms with Crippen LogP contribution in [0.2, 0.25) is 5.02 Å². The molecule has 1 aromatic rings. The topological polar surface area (TPSA) is 156 Å². The summed E-state index contributed by atoms with van der Waals surface area (Å²) in [5.41, 5.74) is -0.921.